The van der Waals surface area contributed by atoms with Crippen LogP contribution in [0, 0.1) is 0 Å². The van der Waals surface area contributed by atoms with E-state index in [0.717, 1.165) is 23.3 Å². The maximum atomic E-state index is 13.1. The zero-order valence-corrected chi connectivity index (χ0v) is 29.9. The van der Waals surface area contributed by atoms with Crippen molar-refractivity contribution in [2.45, 2.75) is 123 Å². The second kappa shape index (κ2) is 23.5. The van der Waals surface area contributed by atoms with Crippen molar-refractivity contribution in [3.8, 4) is 11.5 Å². The van der Waals surface area contributed by atoms with Gasteiger partial charge in [-0.1, -0.05) is 146 Å². The van der Waals surface area contributed by atoms with Gasteiger partial charge < -0.3 is 19.1 Å². The SMILES string of the molecule is CCCCCCCCCCCCCCCCCCOc1ccc(CC(=O)N(C)c2ccc(OCc3ccccc3)c(C(=O)OC)c2)cc1. The number of carbonyl (C=O) groups excluding carboxylic acids is 2. The van der Waals surface area contributed by atoms with E-state index in [0.29, 0.717) is 24.7 Å². The van der Waals surface area contributed by atoms with Crippen LogP contribution in [0.2, 0.25) is 0 Å². The molecule has 0 saturated heterocycles. The number of esters is 1. The number of unbranched alkanes of at least 4 members (excludes halogenated alkanes) is 15. The quantitative estimate of drug-likeness (QED) is 0.0670. The summed E-state index contributed by atoms with van der Waals surface area (Å²) in [4.78, 5) is 27.2. The van der Waals surface area contributed by atoms with E-state index >= 15 is 0 Å². The molecular formula is C42H59NO5. The number of carbonyl (C=O) groups is 2. The average molecular weight is 658 g/mol. The van der Waals surface area contributed by atoms with Gasteiger partial charge in [0.15, 0.2) is 0 Å². The van der Waals surface area contributed by atoms with Crippen LogP contribution < -0.4 is 14.4 Å². The third-order valence-corrected chi connectivity index (χ3v) is 8.91. The summed E-state index contributed by atoms with van der Waals surface area (Å²) < 4.78 is 16.9. The fourth-order valence-corrected chi connectivity index (χ4v) is 5.84. The normalized spacial score (nSPS) is 10.9. The molecule has 0 aliphatic carbocycles. The van der Waals surface area contributed by atoms with Crippen molar-refractivity contribution in [2.24, 2.45) is 0 Å². The molecule has 0 fully saturated rings. The third-order valence-electron chi connectivity index (χ3n) is 8.91. The number of benzene rings is 3. The number of ether oxygens (including phenoxy) is 3. The summed E-state index contributed by atoms with van der Waals surface area (Å²) in [6, 6.07) is 22.6. The molecule has 48 heavy (non-hydrogen) atoms. The summed E-state index contributed by atoms with van der Waals surface area (Å²) in [6.07, 6.45) is 21.9. The number of anilines is 1. The van der Waals surface area contributed by atoms with E-state index in [1.165, 1.54) is 103 Å². The van der Waals surface area contributed by atoms with Crippen molar-refractivity contribution < 1.29 is 23.8 Å². The van der Waals surface area contributed by atoms with E-state index in [1.807, 2.05) is 54.6 Å². The Kier molecular flexibility index (Phi) is 18.9. The molecule has 0 N–H and O–H groups in total. The molecular weight excluding hydrogens is 598 g/mol. The van der Waals surface area contributed by atoms with E-state index < -0.39 is 5.97 Å². The van der Waals surface area contributed by atoms with Gasteiger partial charge in [-0.3, -0.25) is 4.79 Å². The molecule has 0 bridgehead atoms. The molecule has 3 aromatic carbocycles. The molecule has 0 radical (unpaired) electrons. The van der Waals surface area contributed by atoms with Crippen LogP contribution in [0.5, 0.6) is 11.5 Å². The Morgan fingerprint density at radius 2 is 1.19 bits per heavy atom. The number of hydrogen-bond acceptors (Lipinski definition) is 5. The predicted octanol–water partition coefficient (Wildman–Crippen LogP) is 10.9. The number of methoxy groups -OCH3 is 1. The van der Waals surface area contributed by atoms with Crippen LogP contribution in [-0.2, 0) is 22.6 Å². The predicted molar refractivity (Wildman–Crippen MR) is 197 cm³/mol. The van der Waals surface area contributed by atoms with E-state index in [9.17, 15) is 9.59 Å². The molecule has 0 heterocycles. The summed E-state index contributed by atoms with van der Waals surface area (Å²) in [5.74, 6) is 0.626. The highest BCUT2D eigenvalue weighted by atomic mass is 16.5. The number of hydrogen-bond donors (Lipinski definition) is 0. The highest BCUT2D eigenvalue weighted by molar-refractivity contribution is 5.98. The molecule has 0 spiro atoms. The molecule has 1 amide bonds. The minimum absolute atomic E-state index is 0.0920. The monoisotopic (exact) mass is 657 g/mol. The second-order valence-electron chi connectivity index (χ2n) is 12.9. The fraction of sp³-hybridized carbons (Fsp3) is 0.524. The summed E-state index contributed by atoms with van der Waals surface area (Å²) in [7, 11) is 3.04. The molecule has 0 atom stereocenters. The lowest BCUT2D eigenvalue weighted by atomic mass is 10.0. The fourth-order valence-electron chi connectivity index (χ4n) is 5.84. The van der Waals surface area contributed by atoms with Gasteiger partial charge >= 0.3 is 5.97 Å². The molecule has 6 nitrogen and oxygen atoms in total. The van der Waals surface area contributed by atoms with Crippen LogP contribution in [0.4, 0.5) is 5.69 Å². The maximum Gasteiger partial charge on any atom is 0.341 e. The van der Waals surface area contributed by atoms with E-state index in [1.54, 1.807) is 30.1 Å². The average Bonchev–Trinajstić information content (AvgIpc) is 3.12. The van der Waals surface area contributed by atoms with Gasteiger partial charge in [-0.05, 0) is 47.9 Å². The molecule has 3 rings (SSSR count). The second-order valence-corrected chi connectivity index (χ2v) is 12.9. The number of likely N-dealkylation sites (N-methyl/N-ethyl adjacent to an activating group) is 1. The number of amides is 1. The molecule has 3 aromatic rings. The summed E-state index contributed by atoms with van der Waals surface area (Å²) in [5.41, 5.74) is 2.75. The van der Waals surface area contributed by atoms with Crippen LogP contribution >= 0.6 is 0 Å². The first-order valence-corrected chi connectivity index (χ1v) is 18.4. The standard InChI is InChI=1S/C42H59NO5/c1-4-5-6-7-8-9-10-11-12-13-14-15-16-17-18-22-31-47-38-28-25-35(26-29-38)32-41(44)43(2)37-27-30-40(39(33-37)42(45)46-3)48-34-36-23-20-19-21-24-36/h19-21,23-30,33H,4-18,22,31-32,34H2,1-3H3. The summed E-state index contributed by atoms with van der Waals surface area (Å²) >= 11 is 0. The van der Waals surface area contributed by atoms with Crippen LogP contribution in [0.15, 0.2) is 72.8 Å². The largest absolute Gasteiger partial charge is 0.494 e. The molecule has 0 saturated carbocycles. The minimum Gasteiger partial charge on any atom is -0.494 e. The zero-order valence-electron chi connectivity index (χ0n) is 29.9. The molecule has 262 valence electrons. The Morgan fingerprint density at radius 1 is 0.625 bits per heavy atom. The van der Waals surface area contributed by atoms with Gasteiger partial charge in [-0.15, -0.1) is 0 Å². The van der Waals surface area contributed by atoms with Gasteiger partial charge in [0.05, 0.1) is 20.1 Å². The van der Waals surface area contributed by atoms with E-state index in [2.05, 4.69) is 6.92 Å². The Balaban J connectivity index is 1.29. The smallest absolute Gasteiger partial charge is 0.341 e. The Morgan fingerprint density at radius 3 is 1.75 bits per heavy atom. The van der Waals surface area contributed by atoms with Crippen LogP contribution in [0.25, 0.3) is 0 Å². The third kappa shape index (κ3) is 15.0. The van der Waals surface area contributed by atoms with Crippen LogP contribution in [-0.4, -0.2) is 32.6 Å². The number of rotatable bonds is 25. The van der Waals surface area contributed by atoms with Crippen LogP contribution in [0.1, 0.15) is 131 Å². The lowest BCUT2D eigenvalue weighted by Crippen LogP contribution is -2.28. The first-order chi connectivity index (χ1) is 23.5. The summed E-state index contributed by atoms with van der Waals surface area (Å²) in [5, 5.41) is 0. The van der Waals surface area contributed by atoms with Crippen molar-refractivity contribution in [2.75, 3.05) is 25.7 Å². The van der Waals surface area contributed by atoms with Gasteiger partial charge in [-0.25, -0.2) is 4.79 Å². The lowest BCUT2D eigenvalue weighted by molar-refractivity contribution is -0.117. The van der Waals surface area contributed by atoms with E-state index in [4.69, 9.17) is 14.2 Å². The van der Waals surface area contributed by atoms with Crippen molar-refractivity contribution in [3.63, 3.8) is 0 Å². The minimum atomic E-state index is -0.518. The van der Waals surface area contributed by atoms with Crippen molar-refractivity contribution >= 4 is 17.6 Å². The van der Waals surface area contributed by atoms with Gasteiger partial charge in [-0.2, -0.15) is 0 Å². The van der Waals surface area contributed by atoms with Gasteiger partial charge in [0.2, 0.25) is 5.91 Å². The van der Waals surface area contributed by atoms with E-state index in [-0.39, 0.29) is 17.9 Å². The van der Waals surface area contributed by atoms with Crippen molar-refractivity contribution in [3.05, 3.63) is 89.5 Å². The molecule has 6 heteroatoms. The Hall–Kier alpha value is -3.80. The Labute approximate surface area is 290 Å². The maximum absolute atomic E-state index is 13.1. The van der Waals surface area contributed by atoms with Gasteiger partial charge in [0.1, 0.15) is 23.7 Å². The first-order valence-electron chi connectivity index (χ1n) is 18.4. The topological polar surface area (TPSA) is 65.1 Å². The molecule has 0 unspecified atom stereocenters. The highest BCUT2D eigenvalue weighted by Crippen LogP contribution is 2.27. The van der Waals surface area contributed by atoms with Gasteiger partial charge in [0, 0.05) is 12.7 Å². The van der Waals surface area contributed by atoms with Crippen molar-refractivity contribution in [1.29, 1.82) is 0 Å². The molecule has 0 aliphatic rings. The molecule has 0 aromatic heterocycles. The summed E-state index contributed by atoms with van der Waals surface area (Å²) in [6.45, 7) is 3.31. The van der Waals surface area contributed by atoms with Crippen LogP contribution in [0.3, 0.4) is 0 Å². The first kappa shape index (κ1) is 38.6. The van der Waals surface area contributed by atoms with Crippen molar-refractivity contribution in [1.82, 2.24) is 0 Å². The Bertz CT molecular complexity index is 1310. The van der Waals surface area contributed by atoms with Gasteiger partial charge in [0.25, 0.3) is 0 Å². The molecule has 0 aliphatic heterocycles. The zero-order chi connectivity index (χ0) is 34.2. The number of nitrogens with zero attached hydrogens (tertiary/aromatic N) is 1. The highest BCUT2D eigenvalue weighted by Gasteiger charge is 2.19. The lowest BCUT2D eigenvalue weighted by Gasteiger charge is -2.20.